The van der Waals surface area contributed by atoms with Gasteiger partial charge < -0.3 is 14.4 Å². The molecular weight excluding hydrogens is 228 g/mol. The maximum atomic E-state index is 5.21. The quantitative estimate of drug-likeness (QED) is 0.658. The Morgan fingerprint density at radius 3 is 1.94 bits per heavy atom. The molecule has 18 heavy (non-hydrogen) atoms. The van der Waals surface area contributed by atoms with Crippen LogP contribution < -0.4 is 0 Å². The zero-order valence-corrected chi connectivity index (χ0v) is 12.5. The molecule has 0 bridgehead atoms. The summed E-state index contributed by atoms with van der Waals surface area (Å²) in [4.78, 5) is 5.10. The van der Waals surface area contributed by atoms with E-state index in [0.29, 0.717) is 12.1 Å². The van der Waals surface area contributed by atoms with Crippen molar-refractivity contribution in [2.45, 2.75) is 38.8 Å². The van der Waals surface area contributed by atoms with Gasteiger partial charge in [-0.2, -0.15) is 0 Å². The summed E-state index contributed by atoms with van der Waals surface area (Å²) in [5, 5.41) is 0. The lowest BCUT2D eigenvalue weighted by atomic mass is 10.0. The maximum absolute atomic E-state index is 5.21. The first kappa shape index (κ1) is 15.9. The van der Waals surface area contributed by atoms with E-state index >= 15 is 0 Å². The van der Waals surface area contributed by atoms with Crippen LogP contribution in [0.15, 0.2) is 0 Å². The molecule has 1 rings (SSSR count). The molecular formula is C14H30N2O2. The van der Waals surface area contributed by atoms with Crippen molar-refractivity contribution in [2.24, 2.45) is 0 Å². The minimum Gasteiger partial charge on any atom is -0.383 e. The molecule has 1 heterocycles. The highest BCUT2D eigenvalue weighted by Crippen LogP contribution is 2.18. The lowest BCUT2D eigenvalue weighted by Gasteiger charge is -2.40. The first-order chi connectivity index (χ1) is 8.69. The molecule has 1 saturated heterocycles. The van der Waals surface area contributed by atoms with Crippen molar-refractivity contribution in [3.8, 4) is 0 Å². The Hall–Kier alpha value is -0.160. The van der Waals surface area contributed by atoms with Crippen LogP contribution in [-0.2, 0) is 9.47 Å². The lowest BCUT2D eigenvalue weighted by Crippen LogP contribution is -2.48. The highest BCUT2D eigenvalue weighted by molar-refractivity contribution is 4.81. The summed E-state index contributed by atoms with van der Waals surface area (Å²) in [6, 6.07) is 1.38. The van der Waals surface area contributed by atoms with E-state index in [4.69, 9.17) is 9.47 Å². The third-order valence-electron chi connectivity index (χ3n) is 3.91. The second-order valence-corrected chi connectivity index (χ2v) is 5.38. The Morgan fingerprint density at radius 2 is 1.56 bits per heavy atom. The van der Waals surface area contributed by atoms with Gasteiger partial charge in [-0.15, -0.1) is 0 Å². The fourth-order valence-corrected chi connectivity index (χ4v) is 2.66. The van der Waals surface area contributed by atoms with E-state index in [1.54, 1.807) is 14.2 Å². The second-order valence-electron chi connectivity index (χ2n) is 5.38. The number of rotatable bonds is 8. The molecule has 0 aromatic heterocycles. The van der Waals surface area contributed by atoms with E-state index in [1.807, 2.05) is 0 Å². The van der Waals surface area contributed by atoms with Crippen LogP contribution in [0.1, 0.15) is 26.7 Å². The predicted molar refractivity (Wildman–Crippen MR) is 75.1 cm³/mol. The maximum Gasteiger partial charge on any atom is 0.0589 e. The van der Waals surface area contributed by atoms with Crippen molar-refractivity contribution in [1.82, 2.24) is 9.80 Å². The number of methoxy groups -OCH3 is 2. The molecule has 0 atom stereocenters. The van der Waals surface area contributed by atoms with E-state index in [-0.39, 0.29) is 0 Å². The topological polar surface area (TPSA) is 24.9 Å². The molecule has 0 aromatic rings. The van der Waals surface area contributed by atoms with Gasteiger partial charge in [0.25, 0.3) is 0 Å². The lowest BCUT2D eigenvalue weighted by molar-refractivity contribution is 0.0510. The fourth-order valence-electron chi connectivity index (χ4n) is 2.66. The Kier molecular flexibility index (Phi) is 7.82. The normalized spacial score (nSPS) is 19.0. The molecule has 0 aromatic carbocycles. The van der Waals surface area contributed by atoms with Gasteiger partial charge in [-0.25, -0.2) is 0 Å². The average molecular weight is 258 g/mol. The summed E-state index contributed by atoms with van der Waals surface area (Å²) in [6.07, 6.45) is 2.54. The molecule has 0 aliphatic carbocycles. The van der Waals surface area contributed by atoms with E-state index in [0.717, 1.165) is 26.3 Å². The van der Waals surface area contributed by atoms with Crippen molar-refractivity contribution in [3.05, 3.63) is 0 Å². The van der Waals surface area contributed by atoms with Crippen LogP contribution in [0.4, 0.5) is 0 Å². The monoisotopic (exact) mass is 258 g/mol. The summed E-state index contributed by atoms with van der Waals surface area (Å²) in [5.74, 6) is 0. The van der Waals surface area contributed by atoms with Crippen LogP contribution in [0, 0.1) is 0 Å². The predicted octanol–water partition coefficient (Wildman–Crippen LogP) is 1.45. The molecule has 0 amide bonds. The fraction of sp³-hybridized carbons (Fsp3) is 1.00. The van der Waals surface area contributed by atoms with Crippen molar-refractivity contribution in [3.63, 3.8) is 0 Å². The molecule has 1 aliphatic heterocycles. The average Bonchev–Trinajstić information content (AvgIpc) is 2.39. The molecule has 0 unspecified atom stereocenters. The molecule has 4 nitrogen and oxygen atoms in total. The number of hydrogen-bond acceptors (Lipinski definition) is 4. The van der Waals surface area contributed by atoms with Gasteiger partial charge in [0.1, 0.15) is 0 Å². The smallest absolute Gasteiger partial charge is 0.0589 e. The Balaban J connectivity index is 2.38. The van der Waals surface area contributed by atoms with E-state index < -0.39 is 0 Å². The third-order valence-corrected chi connectivity index (χ3v) is 3.91. The Morgan fingerprint density at radius 1 is 1.06 bits per heavy atom. The Bertz CT molecular complexity index is 196. The molecule has 1 aliphatic rings. The molecule has 0 saturated carbocycles. The van der Waals surface area contributed by atoms with Crippen LogP contribution in [0.5, 0.6) is 0 Å². The minimum atomic E-state index is 0.678. The van der Waals surface area contributed by atoms with Crippen LogP contribution in [0.25, 0.3) is 0 Å². The van der Waals surface area contributed by atoms with Crippen molar-refractivity contribution in [2.75, 3.05) is 53.6 Å². The molecule has 108 valence electrons. The number of likely N-dealkylation sites (tertiary alicyclic amines) is 1. The number of piperidine rings is 1. The van der Waals surface area contributed by atoms with Gasteiger partial charge in [-0.3, -0.25) is 4.90 Å². The third kappa shape index (κ3) is 5.22. The van der Waals surface area contributed by atoms with Gasteiger partial charge in [0.2, 0.25) is 0 Å². The number of hydrogen-bond donors (Lipinski definition) is 0. The van der Waals surface area contributed by atoms with Gasteiger partial charge in [-0.1, -0.05) is 0 Å². The summed E-state index contributed by atoms with van der Waals surface area (Å²) in [6.45, 7) is 10.7. The molecule has 4 heteroatoms. The van der Waals surface area contributed by atoms with Crippen molar-refractivity contribution in [1.29, 1.82) is 0 Å². The Labute approximate surface area is 112 Å². The van der Waals surface area contributed by atoms with E-state index in [1.165, 1.54) is 25.9 Å². The summed E-state index contributed by atoms with van der Waals surface area (Å²) < 4.78 is 10.4. The largest absolute Gasteiger partial charge is 0.383 e. The summed E-state index contributed by atoms with van der Waals surface area (Å²) >= 11 is 0. The van der Waals surface area contributed by atoms with E-state index in [2.05, 4.69) is 23.6 Å². The van der Waals surface area contributed by atoms with Crippen molar-refractivity contribution < 1.29 is 9.47 Å². The zero-order chi connectivity index (χ0) is 13.4. The minimum absolute atomic E-state index is 0.678. The van der Waals surface area contributed by atoms with Crippen molar-refractivity contribution >= 4 is 0 Å². The van der Waals surface area contributed by atoms with Gasteiger partial charge >= 0.3 is 0 Å². The first-order valence-electron chi connectivity index (χ1n) is 7.15. The van der Waals surface area contributed by atoms with Crippen LogP contribution >= 0.6 is 0 Å². The van der Waals surface area contributed by atoms with Gasteiger partial charge in [0.05, 0.1) is 13.2 Å². The second kappa shape index (κ2) is 8.86. The van der Waals surface area contributed by atoms with Gasteiger partial charge in [0.15, 0.2) is 0 Å². The number of ether oxygens (including phenoxy) is 2. The highest BCUT2D eigenvalue weighted by Gasteiger charge is 2.25. The van der Waals surface area contributed by atoms with Gasteiger partial charge in [0, 0.05) is 39.4 Å². The van der Waals surface area contributed by atoms with E-state index in [9.17, 15) is 0 Å². The zero-order valence-electron chi connectivity index (χ0n) is 12.5. The first-order valence-corrected chi connectivity index (χ1v) is 7.15. The SMILES string of the molecule is COCCN(CCOC)C1CCN(C(C)C)CC1. The molecule has 1 fully saturated rings. The summed E-state index contributed by atoms with van der Waals surface area (Å²) in [5.41, 5.74) is 0. The van der Waals surface area contributed by atoms with Crippen LogP contribution in [-0.4, -0.2) is 75.5 Å². The molecule has 0 spiro atoms. The van der Waals surface area contributed by atoms with Gasteiger partial charge in [-0.05, 0) is 39.8 Å². The number of nitrogens with zero attached hydrogens (tertiary/aromatic N) is 2. The summed E-state index contributed by atoms with van der Waals surface area (Å²) in [7, 11) is 3.55. The van der Waals surface area contributed by atoms with Crippen LogP contribution in [0.3, 0.4) is 0 Å². The standard InChI is InChI=1S/C14H30N2O2/c1-13(2)15-7-5-14(6-8-15)16(9-11-17-3)10-12-18-4/h13-14H,5-12H2,1-4H3. The molecule has 0 N–H and O–H groups in total. The molecule has 0 radical (unpaired) electrons. The van der Waals surface area contributed by atoms with Crippen LogP contribution in [0.2, 0.25) is 0 Å². The highest BCUT2D eigenvalue weighted by atomic mass is 16.5.